The number of pyridine rings is 1. The number of rotatable bonds is 22. The molecule has 0 atom stereocenters. The number of hydrogen-bond donors (Lipinski definition) is 0. The molecule has 0 unspecified atom stereocenters. The Kier molecular flexibility index (Phi) is 30.2. The number of aliphatic imine (C=N–C) groups is 2. The van der Waals surface area contributed by atoms with Gasteiger partial charge in [0.05, 0.1) is 35.2 Å². The van der Waals surface area contributed by atoms with Gasteiger partial charge in [0.25, 0.3) is 0 Å². The van der Waals surface area contributed by atoms with Crippen LogP contribution in [0.3, 0.4) is 0 Å². The van der Waals surface area contributed by atoms with Crippen LogP contribution in [0, 0.1) is 0 Å². The van der Waals surface area contributed by atoms with E-state index in [1.165, 1.54) is 122 Å². The van der Waals surface area contributed by atoms with Crippen LogP contribution in [0.5, 0.6) is 0 Å². The molecule has 0 aliphatic carbocycles. The van der Waals surface area contributed by atoms with Crippen molar-refractivity contribution in [2.24, 2.45) is 9.98 Å². The molecule has 0 saturated carbocycles. The Hall–Kier alpha value is -1.62. The van der Waals surface area contributed by atoms with Gasteiger partial charge in [-0.05, 0) is 123 Å². The minimum Gasteiger partial charge on any atom is -1.00 e. The van der Waals surface area contributed by atoms with Crippen LogP contribution in [0.1, 0.15) is 163 Å². The van der Waals surface area contributed by atoms with Gasteiger partial charge in [0.1, 0.15) is 0 Å². The van der Waals surface area contributed by atoms with E-state index in [1.54, 1.807) is 0 Å². The van der Waals surface area contributed by atoms with Crippen LogP contribution in [0.2, 0.25) is 0 Å². The van der Waals surface area contributed by atoms with Gasteiger partial charge in [0.15, 0.2) is 0 Å². The van der Waals surface area contributed by atoms with Gasteiger partial charge in [0, 0.05) is 0 Å². The van der Waals surface area contributed by atoms with E-state index >= 15 is 0 Å². The van der Waals surface area contributed by atoms with Gasteiger partial charge in [-0.15, -0.1) is 0 Å². The van der Waals surface area contributed by atoms with E-state index in [4.69, 9.17) is 15.0 Å². The van der Waals surface area contributed by atoms with Gasteiger partial charge in [-0.3, -0.25) is 9.98 Å². The fraction of sp³-hybridized carbons (Fsp3) is 0.558. The van der Waals surface area contributed by atoms with Crippen molar-refractivity contribution < 1.29 is 55.8 Å². The predicted molar refractivity (Wildman–Crippen MR) is 203 cm³/mol. The predicted octanol–water partition coefficient (Wildman–Crippen LogP) is 3.65. The summed E-state index contributed by atoms with van der Waals surface area (Å²) in [4.78, 5) is 15.3. The van der Waals surface area contributed by atoms with Gasteiger partial charge in [-0.2, -0.15) is 0 Å². The van der Waals surface area contributed by atoms with Gasteiger partial charge in [-0.25, -0.2) is 4.98 Å². The Bertz CT molecular complexity index is 1230. The third kappa shape index (κ3) is 17.3. The maximum atomic E-state index is 5.16. The molecular formula is C43H63Cl3N3V. The van der Waals surface area contributed by atoms with Crippen LogP contribution >= 0.6 is 0 Å². The van der Waals surface area contributed by atoms with Crippen molar-refractivity contribution in [3.8, 4) is 0 Å². The first-order valence-corrected chi connectivity index (χ1v) is 18.9. The largest absolute Gasteiger partial charge is 3.00 e. The van der Waals surface area contributed by atoms with Crippen molar-refractivity contribution in [1.29, 1.82) is 0 Å². The Morgan fingerprint density at radius 2 is 0.740 bits per heavy atom. The van der Waals surface area contributed by atoms with Gasteiger partial charge >= 0.3 is 18.6 Å². The zero-order valence-corrected chi connectivity index (χ0v) is 35.5. The molecule has 0 aliphatic heterocycles. The average Bonchev–Trinajstić information content (AvgIpc) is 3.08. The Labute approximate surface area is 337 Å². The quantitative estimate of drug-likeness (QED) is 0.144. The number of nitrogens with zero attached hydrogens (tertiary/aromatic N) is 3. The van der Waals surface area contributed by atoms with E-state index in [9.17, 15) is 0 Å². The van der Waals surface area contributed by atoms with Crippen LogP contribution < -0.4 is 37.2 Å². The van der Waals surface area contributed by atoms with E-state index in [0.717, 1.165) is 49.9 Å². The number of hydrogen-bond acceptors (Lipinski definition) is 3. The maximum Gasteiger partial charge on any atom is 3.00 e. The fourth-order valence-corrected chi connectivity index (χ4v) is 6.15. The van der Waals surface area contributed by atoms with Crippen LogP contribution in [-0.2, 0) is 57.1 Å². The summed E-state index contributed by atoms with van der Waals surface area (Å²) in [6.07, 6.45) is 25.1. The van der Waals surface area contributed by atoms with E-state index in [1.807, 2.05) is 12.4 Å². The third-order valence-electron chi connectivity index (χ3n) is 8.94. The standard InChI is InChI=1S/C43H63N3.3ClH.V/c1-7-13-20-34-28-36(22-15-9-3)42(37(29-34)23-16-10-4)44-32-40-26-19-27-41(46-40)33-45-43-38(24-17-11-5)30-35(21-14-8-2)31-39(43)25-18-12-6;;;;/h19,26-33H,7-18,20-25H2,1-6H3;3*1H;/q;;;;+3/p-3. The molecule has 50 heavy (non-hydrogen) atoms. The summed E-state index contributed by atoms with van der Waals surface area (Å²) in [5, 5.41) is 0. The van der Waals surface area contributed by atoms with Crippen molar-refractivity contribution in [1.82, 2.24) is 4.98 Å². The number of aryl methyl sites for hydroxylation is 6. The molecule has 0 bridgehead atoms. The van der Waals surface area contributed by atoms with Gasteiger partial charge in [-0.1, -0.05) is 110 Å². The number of unbranched alkanes of at least 4 members (excludes halogenated alkanes) is 6. The molecule has 7 heteroatoms. The number of aromatic nitrogens is 1. The second-order valence-corrected chi connectivity index (χ2v) is 13.2. The summed E-state index contributed by atoms with van der Waals surface area (Å²) in [6.45, 7) is 13.7. The molecule has 3 aromatic rings. The molecule has 0 amide bonds. The summed E-state index contributed by atoms with van der Waals surface area (Å²) in [7, 11) is 0. The molecule has 0 aliphatic rings. The first kappa shape index (κ1) is 50.5. The SMILES string of the molecule is CCCCc1cc(CCCC)c(N=Cc2cccc(C=Nc3c(CCCC)cc(CCCC)cc3CCCC)n2)c(CCCC)c1.[Cl-].[Cl-].[Cl-].[V+3]. The third-order valence-corrected chi connectivity index (χ3v) is 8.94. The first-order chi connectivity index (χ1) is 22.6. The van der Waals surface area contributed by atoms with Crippen molar-refractivity contribution in [3.05, 3.63) is 87.2 Å². The average molecular weight is 779 g/mol. The molecule has 0 saturated heterocycles. The number of halogens is 3. The Morgan fingerprint density at radius 3 is 1.02 bits per heavy atom. The van der Waals surface area contributed by atoms with Crippen molar-refractivity contribution in [3.63, 3.8) is 0 Å². The maximum absolute atomic E-state index is 5.16. The van der Waals surface area contributed by atoms with Crippen molar-refractivity contribution in [2.45, 2.75) is 157 Å². The molecular weight excluding hydrogens is 716 g/mol. The Balaban J connectivity index is 0. The van der Waals surface area contributed by atoms with Gasteiger partial charge in [0.2, 0.25) is 0 Å². The van der Waals surface area contributed by atoms with E-state index in [2.05, 4.69) is 84.0 Å². The summed E-state index contributed by atoms with van der Waals surface area (Å²) < 4.78 is 0. The molecule has 1 heterocycles. The van der Waals surface area contributed by atoms with Crippen LogP contribution in [0.25, 0.3) is 0 Å². The molecule has 3 rings (SSSR count). The molecule has 0 spiro atoms. The van der Waals surface area contributed by atoms with E-state index < -0.39 is 0 Å². The normalized spacial score (nSPS) is 10.8. The molecule has 276 valence electrons. The van der Waals surface area contributed by atoms with Crippen LogP contribution in [0.15, 0.2) is 52.4 Å². The molecule has 3 nitrogen and oxygen atoms in total. The smallest absolute Gasteiger partial charge is 1.00 e. The van der Waals surface area contributed by atoms with E-state index in [0.29, 0.717) is 0 Å². The molecule has 0 fully saturated rings. The second kappa shape index (κ2) is 29.9. The minimum absolute atomic E-state index is 0. The van der Waals surface area contributed by atoms with Crippen LogP contribution in [-0.4, -0.2) is 17.4 Å². The summed E-state index contributed by atoms with van der Waals surface area (Å²) in [6, 6.07) is 16.0. The summed E-state index contributed by atoms with van der Waals surface area (Å²) in [5.74, 6) is 0. The second-order valence-electron chi connectivity index (χ2n) is 13.2. The molecule has 0 radical (unpaired) electrons. The molecule has 2 aromatic carbocycles. The summed E-state index contributed by atoms with van der Waals surface area (Å²) in [5.41, 5.74) is 12.7. The van der Waals surface area contributed by atoms with Crippen LogP contribution in [0.4, 0.5) is 11.4 Å². The number of benzene rings is 2. The van der Waals surface area contributed by atoms with Crippen molar-refractivity contribution >= 4 is 23.8 Å². The van der Waals surface area contributed by atoms with E-state index in [-0.39, 0.29) is 55.8 Å². The zero-order chi connectivity index (χ0) is 33.0. The topological polar surface area (TPSA) is 37.6 Å². The van der Waals surface area contributed by atoms with Gasteiger partial charge < -0.3 is 37.2 Å². The molecule has 0 N–H and O–H groups in total. The fourth-order valence-electron chi connectivity index (χ4n) is 6.15. The monoisotopic (exact) mass is 777 g/mol. The Morgan fingerprint density at radius 1 is 0.460 bits per heavy atom. The van der Waals surface area contributed by atoms with Crippen molar-refractivity contribution in [2.75, 3.05) is 0 Å². The molecule has 1 aromatic heterocycles. The zero-order valence-electron chi connectivity index (χ0n) is 31.8. The minimum atomic E-state index is 0. The first-order valence-electron chi connectivity index (χ1n) is 18.9. The summed E-state index contributed by atoms with van der Waals surface area (Å²) >= 11 is 0.